The van der Waals surface area contributed by atoms with Crippen LogP contribution in [0.3, 0.4) is 0 Å². The van der Waals surface area contributed by atoms with Crippen LogP contribution >= 0.6 is 0 Å². The first-order chi connectivity index (χ1) is 15.2. The minimum atomic E-state index is -2.52. The molecule has 0 spiro atoms. The van der Waals surface area contributed by atoms with Gasteiger partial charge < -0.3 is 14.6 Å². The number of aliphatic hydroxyl groups excluding tert-OH is 1. The predicted octanol–water partition coefficient (Wildman–Crippen LogP) is 3.64. The summed E-state index contributed by atoms with van der Waals surface area (Å²) in [5, 5.41) is 11.3. The van der Waals surface area contributed by atoms with Gasteiger partial charge in [0.1, 0.15) is 6.17 Å². The highest BCUT2D eigenvalue weighted by Gasteiger charge is 2.80. The average molecular weight is 472 g/mol. The third-order valence-corrected chi connectivity index (χ3v) is 9.23. The Labute approximate surface area is 189 Å². The summed E-state index contributed by atoms with van der Waals surface area (Å²) in [5.41, 5.74) is -8.01. The molecular formula is C24H28F4O5. The first-order valence-electron chi connectivity index (χ1n) is 11.3. The molecule has 5 nitrogen and oxygen atoms in total. The van der Waals surface area contributed by atoms with Crippen molar-refractivity contribution in [3.05, 3.63) is 23.6 Å². The average Bonchev–Trinajstić information content (AvgIpc) is 3.13. The fourth-order valence-electron chi connectivity index (χ4n) is 7.99. The lowest BCUT2D eigenvalue weighted by Gasteiger charge is -2.63. The third kappa shape index (κ3) is 2.44. The number of carbonyl (C=O) groups excluding carboxylic acids is 2. The van der Waals surface area contributed by atoms with Crippen LogP contribution in [0.25, 0.3) is 0 Å². The van der Waals surface area contributed by atoms with Crippen molar-refractivity contribution < 1.29 is 41.7 Å². The number of fused-ring (bicyclic) bond motifs is 7. The molecule has 33 heavy (non-hydrogen) atoms. The van der Waals surface area contributed by atoms with E-state index in [2.05, 4.69) is 0 Å². The van der Waals surface area contributed by atoms with Gasteiger partial charge in [0.25, 0.3) is 0 Å². The number of carbonyl (C=O) groups is 2. The molecule has 0 unspecified atom stereocenters. The first kappa shape index (κ1) is 23.2. The zero-order valence-electron chi connectivity index (χ0n) is 19.0. The minimum absolute atomic E-state index is 0.0989. The number of aliphatic hydroxyl groups is 1. The molecule has 1 aliphatic heterocycles. The molecular weight excluding hydrogens is 444 g/mol. The molecule has 0 aromatic heterocycles. The van der Waals surface area contributed by atoms with E-state index in [1.165, 1.54) is 6.92 Å². The Morgan fingerprint density at radius 1 is 1.21 bits per heavy atom. The molecule has 3 saturated carbocycles. The van der Waals surface area contributed by atoms with Crippen LogP contribution in [0.2, 0.25) is 0 Å². The van der Waals surface area contributed by atoms with Crippen LogP contribution in [0.1, 0.15) is 47.0 Å². The lowest BCUT2D eigenvalue weighted by molar-refractivity contribution is -0.248. The molecule has 5 aliphatic rings. The van der Waals surface area contributed by atoms with Crippen LogP contribution in [0.5, 0.6) is 0 Å². The normalized spacial score (nSPS) is 52.3. The Bertz CT molecular complexity index is 1010. The Kier molecular flexibility index (Phi) is 4.60. The summed E-state index contributed by atoms with van der Waals surface area (Å²) in [6.45, 7) is 4.80. The summed E-state index contributed by atoms with van der Waals surface area (Å²) in [7, 11) is 0. The first-order valence-corrected chi connectivity index (χ1v) is 11.3. The van der Waals surface area contributed by atoms with Crippen LogP contribution in [0.15, 0.2) is 23.6 Å². The highest BCUT2D eigenvalue weighted by molar-refractivity contribution is 6.04. The maximum Gasteiger partial charge on any atom is 0.213 e. The zero-order chi connectivity index (χ0) is 24.4. The minimum Gasteiger partial charge on any atom is -0.390 e. The van der Waals surface area contributed by atoms with E-state index < -0.39 is 94.2 Å². The highest BCUT2D eigenvalue weighted by atomic mass is 19.2. The van der Waals surface area contributed by atoms with Gasteiger partial charge in [0.15, 0.2) is 35.3 Å². The van der Waals surface area contributed by atoms with Crippen molar-refractivity contribution in [2.75, 3.05) is 6.67 Å². The summed E-state index contributed by atoms with van der Waals surface area (Å²) >= 11 is 0. The van der Waals surface area contributed by atoms with Crippen LogP contribution in [-0.2, 0) is 19.1 Å². The molecule has 9 heteroatoms. The maximum absolute atomic E-state index is 17.1. The van der Waals surface area contributed by atoms with E-state index in [1.54, 1.807) is 20.8 Å². The molecule has 182 valence electrons. The van der Waals surface area contributed by atoms with Crippen molar-refractivity contribution in [2.45, 2.75) is 82.4 Å². The SMILES string of the molecule is CC1(C)O[C@@H]2C[C@H]3[C@@H]4C[C@H](F)C5=C(F)C(=O)C=C[C@]5(C)[C@@]4(F)[C@@H](O)C[C@]3(C)[C@]2(C(=O)CF)O1. The Hall–Kier alpha value is -1.58. The quantitative estimate of drug-likeness (QED) is 0.622. The van der Waals surface area contributed by atoms with Crippen molar-refractivity contribution in [3.8, 4) is 0 Å². The van der Waals surface area contributed by atoms with E-state index in [0.29, 0.717) is 0 Å². The van der Waals surface area contributed by atoms with Crippen molar-refractivity contribution in [2.24, 2.45) is 22.7 Å². The monoisotopic (exact) mass is 472 g/mol. The van der Waals surface area contributed by atoms with E-state index in [0.717, 1.165) is 12.2 Å². The second-order valence-corrected chi connectivity index (χ2v) is 11.1. The van der Waals surface area contributed by atoms with Crippen molar-refractivity contribution in [3.63, 3.8) is 0 Å². The number of rotatable bonds is 2. The Morgan fingerprint density at radius 3 is 2.52 bits per heavy atom. The van der Waals surface area contributed by atoms with Gasteiger partial charge >= 0.3 is 0 Å². The summed E-state index contributed by atoms with van der Waals surface area (Å²) in [5.74, 6) is -6.28. The van der Waals surface area contributed by atoms with E-state index in [4.69, 9.17) is 9.47 Å². The summed E-state index contributed by atoms with van der Waals surface area (Å²) in [4.78, 5) is 24.9. The summed E-state index contributed by atoms with van der Waals surface area (Å²) < 4.78 is 73.2. The second-order valence-electron chi connectivity index (χ2n) is 11.1. The molecule has 5 rings (SSSR count). The van der Waals surface area contributed by atoms with Gasteiger partial charge in [-0.25, -0.2) is 17.6 Å². The molecule has 0 aromatic carbocycles. The Balaban J connectivity index is 1.67. The Morgan fingerprint density at radius 2 is 1.88 bits per heavy atom. The van der Waals surface area contributed by atoms with E-state index in [1.807, 2.05) is 0 Å². The van der Waals surface area contributed by atoms with Crippen molar-refractivity contribution in [1.29, 1.82) is 0 Å². The molecule has 1 N–H and O–H groups in total. The van der Waals surface area contributed by atoms with Gasteiger partial charge in [0.2, 0.25) is 5.78 Å². The molecule has 9 atom stereocenters. The van der Waals surface area contributed by atoms with E-state index >= 15 is 8.78 Å². The second kappa shape index (κ2) is 6.55. The largest absolute Gasteiger partial charge is 0.390 e. The van der Waals surface area contributed by atoms with Gasteiger partial charge in [-0.2, -0.15) is 0 Å². The van der Waals surface area contributed by atoms with Gasteiger partial charge in [-0.05, 0) is 52.0 Å². The van der Waals surface area contributed by atoms with Crippen LogP contribution in [0.4, 0.5) is 17.6 Å². The third-order valence-electron chi connectivity index (χ3n) is 9.23. The predicted molar refractivity (Wildman–Crippen MR) is 108 cm³/mol. The maximum atomic E-state index is 17.1. The van der Waals surface area contributed by atoms with Crippen LogP contribution in [-0.4, -0.2) is 58.8 Å². The van der Waals surface area contributed by atoms with Gasteiger partial charge in [0, 0.05) is 22.3 Å². The zero-order valence-corrected chi connectivity index (χ0v) is 19.0. The van der Waals surface area contributed by atoms with Gasteiger partial charge in [-0.15, -0.1) is 0 Å². The summed E-state index contributed by atoms with van der Waals surface area (Å²) in [6.07, 6.45) is -3.27. The summed E-state index contributed by atoms with van der Waals surface area (Å²) in [6, 6.07) is 0. The standard InChI is InChI=1S/C24H28F4O5/c1-20(2)32-17-8-11-12-7-13(26)18-19(27)14(29)5-6-21(18,3)23(12,28)15(30)9-22(11,4)24(17,33-20)16(31)10-25/h5-6,11-13,15,17,30H,7-10H2,1-4H3/t11-,12-,13-,15-,17+,21-,22-,23-,24+/m0/s1. The molecule has 0 amide bonds. The molecule has 1 heterocycles. The molecule has 4 fully saturated rings. The molecule has 1 saturated heterocycles. The number of hydrogen-bond acceptors (Lipinski definition) is 5. The molecule has 0 radical (unpaired) electrons. The highest BCUT2D eigenvalue weighted by Crippen LogP contribution is 2.72. The van der Waals surface area contributed by atoms with Crippen LogP contribution < -0.4 is 0 Å². The van der Waals surface area contributed by atoms with E-state index in [-0.39, 0.29) is 12.8 Å². The fourth-order valence-corrected chi connectivity index (χ4v) is 7.99. The van der Waals surface area contributed by atoms with Crippen molar-refractivity contribution in [1.82, 2.24) is 0 Å². The van der Waals surface area contributed by atoms with Gasteiger partial charge in [0.05, 0.1) is 12.2 Å². The van der Waals surface area contributed by atoms with Gasteiger partial charge in [-0.1, -0.05) is 13.0 Å². The molecule has 0 aromatic rings. The van der Waals surface area contributed by atoms with Crippen LogP contribution in [0, 0.1) is 22.7 Å². The number of ether oxygens (including phenoxy) is 2. The number of allylic oxidation sites excluding steroid dienone is 4. The smallest absolute Gasteiger partial charge is 0.213 e. The number of ketones is 2. The fraction of sp³-hybridized carbons (Fsp3) is 0.750. The topological polar surface area (TPSA) is 72.8 Å². The molecule has 0 bridgehead atoms. The lowest BCUT2D eigenvalue weighted by Crippen LogP contribution is -2.71. The van der Waals surface area contributed by atoms with E-state index in [9.17, 15) is 23.5 Å². The van der Waals surface area contributed by atoms with Gasteiger partial charge in [-0.3, -0.25) is 9.59 Å². The molecule has 4 aliphatic carbocycles. The lowest BCUT2D eigenvalue weighted by atomic mass is 9.44. The van der Waals surface area contributed by atoms with Crippen molar-refractivity contribution >= 4 is 11.6 Å². The number of hydrogen-bond donors (Lipinski definition) is 1. The number of alkyl halides is 3. The number of Topliss-reactive ketones (excluding diaryl/α,β-unsaturated/α-hetero) is 1. The number of halogens is 4.